The van der Waals surface area contributed by atoms with Gasteiger partial charge in [-0.1, -0.05) is 169 Å². The number of anilines is 5. The highest BCUT2D eigenvalue weighted by atomic mass is 15.2. The summed E-state index contributed by atoms with van der Waals surface area (Å²) in [5.74, 6) is 0. The van der Waals surface area contributed by atoms with Crippen LogP contribution < -0.4 is 20.7 Å². The first-order chi connectivity index (χ1) is 31.3. The van der Waals surface area contributed by atoms with Crippen molar-refractivity contribution in [1.29, 1.82) is 0 Å². The van der Waals surface area contributed by atoms with Crippen LogP contribution in [-0.4, -0.2) is 6.71 Å². The van der Waals surface area contributed by atoms with Gasteiger partial charge in [-0.2, -0.15) is 0 Å². The molecular formula is C60H43BN2. The Labute approximate surface area is 369 Å². The number of para-hydroxylation sites is 3. The summed E-state index contributed by atoms with van der Waals surface area (Å²) < 4.78 is 0. The van der Waals surface area contributed by atoms with Gasteiger partial charge in [0.05, 0.1) is 0 Å². The van der Waals surface area contributed by atoms with Crippen molar-refractivity contribution in [2.75, 3.05) is 9.80 Å². The number of hydrogen-bond acceptors (Lipinski definition) is 2. The molecule has 0 bridgehead atoms. The molecule has 0 saturated carbocycles. The van der Waals surface area contributed by atoms with Gasteiger partial charge in [-0.05, 0) is 151 Å². The van der Waals surface area contributed by atoms with Crippen molar-refractivity contribution in [2.24, 2.45) is 0 Å². The van der Waals surface area contributed by atoms with Gasteiger partial charge in [-0.25, -0.2) is 0 Å². The minimum absolute atomic E-state index is 0.156. The summed E-state index contributed by atoms with van der Waals surface area (Å²) >= 11 is 0. The van der Waals surface area contributed by atoms with E-state index in [1.54, 1.807) is 0 Å². The molecule has 0 atom stereocenters. The minimum Gasteiger partial charge on any atom is -0.312 e. The van der Waals surface area contributed by atoms with E-state index >= 15 is 0 Å². The number of nitrogens with zero attached hydrogens (tertiary/aromatic N) is 2. The van der Waals surface area contributed by atoms with Crippen LogP contribution in [0.4, 0.5) is 28.4 Å². The highest BCUT2D eigenvalue weighted by Gasteiger charge is 2.44. The average molecular weight is 803 g/mol. The zero-order valence-corrected chi connectivity index (χ0v) is 35.0. The van der Waals surface area contributed by atoms with E-state index in [1.807, 2.05) is 0 Å². The fourth-order valence-electron chi connectivity index (χ4n) is 11.4. The fraction of sp³-hybridized carbons (Fsp3) is 0.0667. The van der Waals surface area contributed by atoms with Crippen LogP contribution in [0.3, 0.4) is 0 Å². The zero-order valence-electron chi connectivity index (χ0n) is 35.0. The molecule has 0 aromatic heterocycles. The summed E-state index contributed by atoms with van der Waals surface area (Å²) in [5, 5.41) is 5.13. The Morgan fingerprint density at radius 1 is 0.413 bits per heavy atom. The molecule has 0 unspecified atom stereocenters. The standard InChI is InChI=1S/C60H43BN2/c1-4-20-40(21-5-1)44-36-37-51(46-27-11-10-26-45(44)46)59-49-30-14-12-28-47(49)58(48-29-13-15-31-50(48)59)41-38-56-60-57(39-41)63(43-24-8-3-9-25-43)55-35-19-17-33-53(55)61(60)52-32-16-18-34-54(52)62(56)42-22-6-2-7-23-42/h1-12,14-16,18-28,30-32,34-39H,13,17,29,33H2. The van der Waals surface area contributed by atoms with Crippen molar-refractivity contribution >= 4 is 73.7 Å². The topological polar surface area (TPSA) is 6.48 Å². The van der Waals surface area contributed by atoms with E-state index in [2.05, 4.69) is 222 Å². The third-order valence-corrected chi connectivity index (χ3v) is 14.0. The lowest BCUT2D eigenvalue weighted by Gasteiger charge is -2.45. The molecule has 0 fully saturated rings. The van der Waals surface area contributed by atoms with E-state index in [-0.39, 0.29) is 6.71 Å². The van der Waals surface area contributed by atoms with Crippen LogP contribution in [0.1, 0.15) is 30.4 Å². The molecule has 13 rings (SSSR count). The molecule has 296 valence electrons. The molecule has 2 nitrogen and oxygen atoms in total. The first-order valence-electron chi connectivity index (χ1n) is 22.5. The van der Waals surface area contributed by atoms with Crippen molar-refractivity contribution in [3.05, 3.63) is 229 Å². The van der Waals surface area contributed by atoms with E-state index < -0.39 is 0 Å². The molecule has 2 aliphatic carbocycles. The van der Waals surface area contributed by atoms with E-state index in [1.165, 1.54) is 117 Å². The summed E-state index contributed by atoms with van der Waals surface area (Å²) in [6.07, 6.45) is 13.7. The summed E-state index contributed by atoms with van der Waals surface area (Å²) in [6, 6.07) is 70.1. The van der Waals surface area contributed by atoms with E-state index in [0.29, 0.717) is 0 Å². The zero-order chi connectivity index (χ0) is 41.4. The lowest BCUT2D eigenvalue weighted by molar-refractivity contribution is 0.967. The number of fused-ring (bicyclic) bond motifs is 6. The molecule has 2 heterocycles. The van der Waals surface area contributed by atoms with Crippen LogP contribution >= 0.6 is 0 Å². The second-order valence-corrected chi connectivity index (χ2v) is 17.3. The van der Waals surface area contributed by atoms with Crippen LogP contribution in [0.5, 0.6) is 0 Å². The average Bonchev–Trinajstić information content (AvgIpc) is 3.36. The largest absolute Gasteiger partial charge is 0.312 e. The molecule has 9 aromatic rings. The summed E-state index contributed by atoms with van der Waals surface area (Å²) in [6.45, 7) is 0.156. The molecule has 0 radical (unpaired) electrons. The molecule has 9 aromatic carbocycles. The van der Waals surface area contributed by atoms with Crippen molar-refractivity contribution < 1.29 is 0 Å². The fourth-order valence-corrected chi connectivity index (χ4v) is 11.4. The van der Waals surface area contributed by atoms with Crippen LogP contribution in [-0.2, 0) is 6.42 Å². The first kappa shape index (κ1) is 36.1. The molecular weight excluding hydrogens is 759 g/mol. The van der Waals surface area contributed by atoms with Gasteiger partial charge in [0.15, 0.2) is 0 Å². The Hall–Kier alpha value is -7.62. The summed E-state index contributed by atoms with van der Waals surface area (Å²) in [5.41, 5.74) is 22.2. The number of rotatable bonds is 5. The van der Waals surface area contributed by atoms with Crippen molar-refractivity contribution in [2.45, 2.75) is 25.7 Å². The van der Waals surface area contributed by atoms with Gasteiger partial charge in [0.25, 0.3) is 0 Å². The number of allylic oxidation sites excluding steroid dienone is 4. The van der Waals surface area contributed by atoms with Gasteiger partial charge >= 0.3 is 0 Å². The van der Waals surface area contributed by atoms with Crippen LogP contribution in [0.15, 0.2) is 217 Å². The monoisotopic (exact) mass is 802 g/mol. The molecule has 4 aliphatic rings. The molecule has 63 heavy (non-hydrogen) atoms. The van der Waals surface area contributed by atoms with Crippen LogP contribution in [0, 0.1) is 0 Å². The lowest BCUT2D eigenvalue weighted by Crippen LogP contribution is -2.56. The molecule has 2 aliphatic heterocycles. The van der Waals surface area contributed by atoms with Crippen molar-refractivity contribution in [3.8, 4) is 33.4 Å². The van der Waals surface area contributed by atoms with Crippen LogP contribution in [0.25, 0.3) is 61.0 Å². The Morgan fingerprint density at radius 3 is 1.71 bits per heavy atom. The third-order valence-electron chi connectivity index (χ3n) is 14.0. The highest BCUT2D eigenvalue weighted by molar-refractivity contribution is 6.95. The third kappa shape index (κ3) is 5.52. The van der Waals surface area contributed by atoms with Crippen molar-refractivity contribution in [3.63, 3.8) is 0 Å². The Morgan fingerprint density at radius 2 is 0.968 bits per heavy atom. The summed E-state index contributed by atoms with van der Waals surface area (Å²) in [4.78, 5) is 5.12. The Kier molecular flexibility index (Phi) is 8.30. The molecule has 0 saturated heterocycles. The first-order valence-corrected chi connectivity index (χ1v) is 22.5. The van der Waals surface area contributed by atoms with Gasteiger partial charge in [0, 0.05) is 34.1 Å². The second-order valence-electron chi connectivity index (χ2n) is 17.3. The van der Waals surface area contributed by atoms with E-state index in [9.17, 15) is 0 Å². The maximum Gasteiger partial charge on any atom is 0.247 e. The van der Waals surface area contributed by atoms with Gasteiger partial charge in [0.2, 0.25) is 6.71 Å². The predicted molar refractivity (Wildman–Crippen MR) is 269 cm³/mol. The van der Waals surface area contributed by atoms with Gasteiger partial charge in [0.1, 0.15) is 0 Å². The highest BCUT2D eigenvalue weighted by Crippen LogP contribution is 2.51. The van der Waals surface area contributed by atoms with Gasteiger partial charge < -0.3 is 9.80 Å². The SMILES string of the molecule is C1=CC2=C(CC1)B1c3ccccc3N(c3ccccc3)c3cc(-c4c5c(c(-c6ccc(-c7ccccc7)c7ccccc67)c6ccccc46)C=CCC5)cc(c31)N2c1ccccc1. The minimum atomic E-state index is 0.156. The number of hydrogen-bond donors (Lipinski definition) is 0. The van der Waals surface area contributed by atoms with Crippen LogP contribution in [0.2, 0.25) is 0 Å². The van der Waals surface area contributed by atoms with Gasteiger partial charge in [-0.3, -0.25) is 0 Å². The second kappa shape index (κ2) is 14.5. The summed E-state index contributed by atoms with van der Waals surface area (Å²) in [7, 11) is 0. The maximum atomic E-state index is 2.57. The number of benzene rings is 9. The van der Waals surface area contributed by atoms with Crippen molar-refractivity contribution in [1.82, 2.24) is 0 Å². The Balaban J connectivity index is 1.13. The quantitative estimate of drug-likeness (QED) is 0.160. The van der Waals surface area contributed by atoms with Gasteiger partial charge in [-0.15, -0.1) is 0 Å². The van der Waals surface area contributed by atoms with E-state index in [4.69, 9.17) is 0 Å². The Bertz CT molecular complexity index is 3400. The molecule has 0 amide bonds. The molecule has 0 spiro atoms. The lowest BCUT2D eigenvalue weighted by atomic mass is 9.32. The normalized spacial score (nSPS) is 14.8. The predicted octanol–water partition coefficient (Wildman–Crippen LogP) is 14.6. The van der Waals surface area contributed by atoms with E-state index in [0.717, 1.165) is 25.7 Å². The molecule has 3 heteroatoms. The maximum absolute atomic E-state index is 2.57. The molecule has 0 N–H and O–H groups in total. The smallest absolute Gasteiger partial charge is 0.247 e.